The third-order valence-corrected chi connectivity index (χ3v) is 4.52. The van der Waals surface area contributed by atoms with Crippen LogP contribution < -0.4 is 10.9 Å². The van der Waals surface area contributed by atoms with E-state index >= 15 is 0 Å². The fourth-order valence-corrected chi connectivity index (χ4v) is 3.23. The van der Waals surface area contributed by atoms with E-state index in [1.165, 1.54) is 4.57 Å². The van der Waals surface area contributed by atoms with Crippen LogP contribution >= 0.6 is 11.6 Å². The lowest BCUT2D eigenvalue weighted by molar-refractivity contribution is 0.0951. The van der Waals surface area contributed by atoms with Gasteiger partial charge in [-0.3, -0.25) is 9.59 Å². The Morgan fingerprint density at radius 1 is 1.20 bits per heavy atom. The number of aromatic hydroxyl groups is 1. The second-order valence-corrected chi connectivity index (χ2v) is 6.01. The molecule has 0 unspecified atom stereocenters. The van der Waals surface area contributed by atoms with Crippen LogP contribution in [0.4, 0.5) is 0 Å². The number of nitrogens with zero attached hydrogens (tertiary/aromatic N) is 1. The van der Waals surface area contributed by atoms with Crippen molar-refractivity contribution in [3.8, 4) is 16.9 Å². The number of hydrogen-bond acceptors (Lipinski definition) is 3. The summed E-state index contributed by atoms with van der Waals surface area (Å²) < 4.78 is 1.32. The molecule has 0 saturated heterocycles. The van der Waals surface area contributed by atoms with Gasteiger partial charge >= 0.3 is 0 Å². The number of amides is 1. The Labute approximate surface area is 149 Å². The quantitative estimate of drug-likeness (QED) is 0.756. The molecule has 0 atom stereocenters. The lowest BCUT2D eigenvalue weighted by Gasteiger charge is -2.15. The zero-order chi connectivity index (χ0) is 18.1. The van der Waals surface area contributed by atoms with Crippen LogP contribution in [-0.4, -0.2) is 22.1 Å². The first kappa shape index (κ1) is 17.0. The molecule has 5 nitrogen and oxygen atoms in total. The van der Waals surface area contributed by atoms with E-state index < -0.39 is 17.2 Å². The second kappa shape index (κ2) is 6.61. The van der Waals surface area contributed by atoms with Crippen molar-refractivity contribution in [1.29, 1.82) is 0 Å². The summed E-state index contributed by atoms with van der Waals surface area (Å²) >= 11 is 6.55. The Balaban J connectivity index is 2.38. The van der Waals surface area contributed by atoms with Gasteiger partial charge in [0.1, 0.15) is 11.3 Å². The van der Waals surface area contributed by atoms with Crippen LogP contribution in [-0.2, 0) is 7.05 Å². The van der Waals surface area contributed by atoms with E-state index in [0.29, 0.717) is 22.6 Å². The van der Waals surface area contributed by atoms with Gasteiger partial charge in [-0.05, 0) is 18.6 Å². The maximum absolute atomic E-state index is 12.5. The molecule has 0 aliphatic rings. The monoisotopic (exact) mass is 356 g/mol. The molecule has 0 aliphatic carbocycles. The van der Waals surface area contributed by atoms with Gasteiger partial charge < -0.3 is 15.0 Å². The average Bonchev–Trinajstić information content (AvgIpc) is 2.60. The number of benzene rings is 2. The summed E-state index contributed by atoms with van der Waals surface area (Å²) in [7, 11) is 1.55. The Morgan fingerprint density at radius 2 is 1.88 bits per heavy atom. The Bertz CT molecular complexity index is 1030. The van der Waals surface area contributed by atoms with Crippen LogP contribution in [0.15, 0.2) is 47.3 Å². The van der Waals surface area contributed by atoms with Crippen LogP contribution in [0.1, 0.15) is 17.3 Å². The second-order valence-electron chi connectivity index (χ2n) is 5.63. The number of hydrogen-bond donors (Lipinski definition) is 2. The molecule has 2 N–H and O–H groups in total. The largest absolute Gasteiger partial charge is 0.506 e. The predicted molar refractivity (Wildman–Crippen MR) is 99.3 cm³/mol. The molecule has 1 aromatic heterocycles. The van der Waals surface area contributed by atoms with E-state index in [2.05, 4.69) is 5.32 Å². The van der Waals surface area contributed by atoms with Gasteiger partial charge in [0.05, 0.1) is 15.9 Å². The van der Waals surface area contributed by atoms with Gasteiger partial charge in [-0.15, -0.1) is 0 Å². The number of aromatic nitrogens is 1. The van der Waals surface area contributed by atoms with Crippen LogP contribution in [0.3, 0.4) is 0 Å². The smallest absolute Gasteiger partial charge is 0.267 e. The summed E-state index contributed by atoms with van der Waals surface area (Å²) in [6.45, 7) is 2.08. The highest BCUT2D eigenvalue weighted by molar-refractivity contribution is 6.39. The molecule has 1 heterocycles. The van der Waals surface area contributed by atoms with Crippen molar-refractivity contribution in [1.82, 2.24) is 9.88 Å². The standard InChI is InChI=1S/C19H17ClN2O3/c1-3-21-18(24)15-17(23)14-13(22(2)19(15)25)10-9-12(16(14)20)11-7-5-4-6-8-11/h4-10,23H,3H2,1-2H3,(H,21,24). The van der Waals surface area contributed by atoms with Crippen molar-refractivity contribution < 1.29 is 9.90 Å². The fraction of sp³-hybridized carbons (Fsp3) is 0.158. The summed E-state index contributed by atoms with van der Waals surface area (Å²) in [6, 6.07) is 13.0. The molecular weight excluding hydrogens is 340 g/mol. The van der Waals surface area contributed by atoms with E-state index in [1.54, 1.807) is 26.1 Å². The zero-order valence-corrected chi connectivity index (χ0v) is 14.6. The van der Waals surface area contributed by atoms with Crippen LogP contribution in [0.25, 0.3) is 22.0 Å². The first-order valence-electron chi connectivity index (χ1n) is 7.85. The Kier molecular flexibility index (Phi) is 4.51. The van der Waals surface area contributed by atoms with Gasteiger partial charge in [0.15, 0.2) is 0 Å². The van der Waals surface area contributed by atoms with Crippen LogP contribution in [0.2, 0.25) is 5.02 Å². The number of carbonyl (C=O) groups excluding carboxylic acids is 1. The average molecular weight is 357 g/mol. The highest BCUT2D eigenvalue weighted by Crippen LogP contribution is 2.39. The number of rotatable bonds is 3. The van der Waals surface area contributed by atoms with Crippen LogP contribution in [0.5, 0.6) is 5.75 Å². The minimum absolute atomic E-state index is 0.284. The summed E-state index contributed by atoms with van der Waals surface area (Å²) in [5.74, 6) is -1.02. The normalized spacial score (nSPS) is 10.8. The van der Waals surface area contributed by atoms with Crippen molar-refractivity contribution in [3.63, 3.8) is 0 Å². The zero-order valence-electron chi connectivity index (χ0n) is 13.8. The maximum Gasteiger partial charge on any atom is 0.267 e. The van der Waals surface area contributed by atoms with Crippen molar-refractivity contribution in [2.24, 2.45) is 7.05 Å². The highest BCUT2D eigenvalue weighted by Gasteiger charge is 2.23. The van der Waals surface area contributed by atoms with Crippen molar-refractivity contribution in [2.75, 3.05) is 6.54 Å². The van der Waals surface area contributed by atoms with Gasteiger partial charge in [0.2, 0.25) is 0 Å². The highest BCUT2D eigenvalue weighted by atomic mass is 35.5. The lowest BCUT2D eigenvalue weighted by Crippen LogP contribution is -2.32. The van der Waals surface area contributed by atoms with Crippen molar-refractivity contribution in [2.45, 2.75) is 6.92 Å². The Hall–Kier alpha value is -2.79. The molecule has 0 radical (unpaired) electrons. The molecular formula is C19H17ClN2O3. The van der Waals surface area contributed by atoms with Gasteiger partial charge in [-0.25, -0.2) is 0 Å². The SMILES string of the molecule is CCNC(=O)c1c(O)c2c(Cl)c(-c3ccccc3)ccc2n(C)c1=O. The van der Waals surface area contributed by atoms with Gasteiger partial charge in [-0.2, -0.15) is 0 Å². The summed E-state index contributed by atoms with van der Waals surface area (Å²) in [5.41, 5.74) is 1.18. The molecule has 0 spiro atoms. The number of fused-ring (bicyclic) bond motifs is 1. The van der Waals surface area contributed by atoms with Gasteiger partial charge in [0.25, 0.3) is 11.5 Å². The first-order chi connectivity index (χ1) is 12.0. The summed E-state index contributed by atoms with van der Waals surface area (Å²) in [5, 5.41) is 13.8. The minimum Gasteiger partial charge on any atom is -0.506 e. The molecule has 25 heavy (non-hydrogen) atoms. The molecule has 1 amide bonds. The molecule has 2 aromatic carbocycles. The van der Waals surface area contributed by atoms with E-state index in [4.69, 9.17) is 11.6 Å². The van der Waals surface area contributed by atoms with E-state index in [9.17, 15) is 14.7 Å². The molecule has 0 fully saturated rings. The lowest BCUT2D eigenvalue weighted by atomic mass is 10.0. The predicted octanol–water partition coefficient (Wildman–Crippen LogP) is 3.31. The molecule has 128 valence electrons. The maximum atomic E-state index is 12.5. The van der Waals surface area contributed by atoms with Gasteiger partial charge in [0, 0.05) is 19.2 Å². The molecule has 6 heteroatoms. The van der Waals surface area contributed by atoms with E-state index in [0.717, 1.165) is 5.56 Å². The third kappa shape index (κ3) is 2.76. The number of carbonyl (C=O) groups is 1. The number of nitrogens with one attached hydrogen (secondary N) is 1. The number of halogens is 1. The summed E-state index contributed by atoms with van der Waals surface area (Å²) in [6.07, 6.45) is 0. The molecule has 0 aliphatic heterocycles. The molecule has 0 bridgehead atoms. The number of pyridine rings is 1. The molecule has 3 rings (SSSR count). The first-order valence-corrected chi connectivity index (χ1v) is 8.23. The third-order valence-electron chi connectivity index (χ3n) is 4.12. The van der Waals surface area contributed by atoms with E-state index in [-0.39, 0.29) is 10.9 Å². The molecule has 3 aromatic rings. The summed E-state index contributed by atoms with van der Waals surface area (Å²) in [4.78, 5) is 24.7. The fourth-order valence-electron chi connectivity index (χ4n) is 2.87. The van der Waals surface area contributed by atoms with E-state index in [1.807, 2.05) is 30.3 Å². The van der Waals surface area contributed by atoms with Gasteiger partial charge in [-0.1, -0.05) is 48.0 Å². The minimum atomic E-state index is -0.622. The van der Waals surface area contributed by atoms with Crippen LogP contribution in [0, 0.1) is 0 Å². The molecule has 0 saturated carbocycles. The Morgan fingerprint density at radius 3 is 2.52 bits per heavy atom. The topological polar surface area (TPSA) is 71.3 Å². The van der Waals surface area contributed by atoms with Crippen molar-refractivity contribution >= 4 is 28.4 Å². The number of aryl methyl sites for hydroxylation is 1. The van der Waals surface area contributed by atoms with Crippen molar-refractivity contribution in [3.05, 3.63) is 63.4 Å².